The predicted octanol–water partition coefficient (Wildman–Crippen LogP) is 3.86. The van der Waals surface area contributed by atoms with Crippen LogP contribution in [0.4, 0.5) is 5.69 Å². The Morgan fingerprint density at radius 2 is 1.95 bits per heavy atom. The van der Waals surface area contributed by atoms with Gasteiger partial charge in [0, 0.05) is 24.2 Å². The third-order valence-corrected chi connectivity index (χ3v) is 2.96. The van der Waals surface area contributed by atoms with Crippen molar-refractivity contribution in [1.82, 2.24) is 4.98 Å². The Labute approximate surface area is 119 Å². The quantitative estimate of drug-likeness (QED) is 0.854. The first kappa shape index (κ1) is 14.0. The lowest BCUT2D eigenvalue weighted by Crippen LogP contribution is -2.07. The van der Waals surface area contributed by atoms with Crippen molar-refractivity contribution in [1.29, 1.82) is 0 Å². The molecule has 0 atom stereocenters. The van der Waals surface area contributed by atoms with Gasteiger partial charge in [-0.15, -0.1) is 0 Å². The molecule has 0 radical (unpaired) electrons. The van der Waals surface area contributed by atoms with Crippen LogP contribution in [0.2, 0.25) is 0 Å². The fourth-order valence-electron chi connectivity index (χ4n) is 1.78. The fraction of sp³-hybridized carbons (Fsp3) is 0.176. The van der Waals surface area contributed by atoms with Crippen molar-refractivity contribution in [2.75, 3.05) is 5.32 Å². The highest BCUT2D eigenvalue weighted by Crippen LogP contribution is 2.17. The molecule has 2 aromatic rings. The zero-order chi connectivity index (χ0) is 14.4. The first-order valence-corrected chi connectivity index (χ1v) is 6.64. The van der Waals surface area contributed by atoms with E-state index < -0.39 is 0 Å². The molecular weight excluding hydrogens is 248 g/mol. The molecule has 102 valence electrons. The number of benzene rings is 1. The van der Waals surface area contributed by atoms with Gasteiger partial charge in [-0.05, 0) is 41.3 Å². The van der Waals surface area contributed by atoms with E-state index in [1.807, 2.05) is 36.4 Å². The van der Waals surface area contributed by atoms with Crippen molar-refractivity contribution < 1.29 is 4.79 Å². The molecule has 1 N–H and O–H groups in total. The number of carbonyl (C=O) groups excluding carboxylic acids is 1. The minimum absolute atomic E-state index is 0.147. The molecule has 0 spiro atoms. The zero-order valence-electron chi connectivity index (χ0n) is 11.7. The van der Waals surface area contributed by atoms with Crippen LogP contribution >= 0.6 is 0 Å². The number of amides is 1. The molecule has 2 rings (SSSR count). The molecule has 0 aliphatic heterocycles. The first-order valence-electron chi connectivity index (χ1n) is 6.64. The average molecular weight is 266 g/mol. The van der Waals surface area contributed by atoms with Crippen LogP contribution in [0.25, 0.3) is 6.08 Å². The molecule has 0 saturated carbocycles. The number of pyridine rings is 1. The summed E-state index contributed by atoms with van der Waals surface area (Å²) in [6.45, 7) is 4.29. The van der Waals surface area contributed by atoms with Crippen molar-refractivity contribution in [3.05, 3.63) is 66.0 Å². The molecule has 1 aromatic carbocycles. The standard InChI is InChI=1S/C17H18N2O/c1-13(2)15-6-8-16(9-7-15)19-17(20)10-5-14-4-3-11-18-12-14/h3-13H,1-2H3,(H,19,20)/b10-5+. The molecule has 0 aliphatic rings. The van der Waals surface area contributed by atoms with Crippen LogP contribution in [0.5, 0.6) is 0 Å². The molecule has 0 aliphatic carbocycles. The number of carbonyl (C=O) groups is 1. The number of aromatic nitrogens is 1. The molecule has 3 heteroatoms. The second kappa shape index (κ2) is 6.66. The summed E-state index contributed by atoms with van der Waals surface area (Å²) in [6.07, 6.45) is 6.66. The summed E-state index contributed by atoms with van der Waals surface area (Å²) in [4.78, 5) is 15.8. The van der Waals surface area contributed by atoms with Gasteiger partial charge in [-0.3, -0.25) is 9.78 Å². The molecular formula is C17H18N2O. The minimum Gasteiger partial charge on any atom is -0.323 e. The van der Waals surface area contributed by atoms with E-state index in [4.69, 9.17) is 0 Å². The molecule has 3 nitrogen and oxygen atoms in total. The van der Waals surface area contributed by atoms with Crippen LogP contribution in [-0.4, -0.2) is 10.9 Å². The van der Waals surface area contributed by atoms with E-state index in [2.05, 4.69) is 24.1 Å². The Bertz CT molecular complexity index is 586. The summed E-state index contributed by atoms with van der Waals surface area (Å²) in [5.74, 6) is 0.344. The Morgan fingerprint density at radius 3 is 2.55 bits per heavy atom. The minimum atomic E-state index is -0.147. The number of nitrogens with zero attached hydrogens (tertiary/aromatic N) is 1. The summed E-state index contributed by atoms with van der Waals surface area (Å²) in [5.41, 5.74) is 2.96. The van der Waals surface area contributed by atoms with Crippen LogP contribution in [0.1, 0.15) is 30.9 Å². The molecule has 1 amide bonds. The van der Waals surface area contributed by atoms with Gasteiger partial charge in [0.1, 0.15) is 0 Å². The van der Waals surface area contributed by atoms with Crippen molar-refractivity contribution >= 4 is 17.7 Å². The van der Waals surface area contributed by atoms with Crippen LogP contribution in [0, 0.1) is 0 Å². The number of hydrogen-bond donors (Lipinski definition) is 1. The van der Waals surface area contributed by atoms with Crippen LogP contribution in [0.3, 0.4) is 0 Å². The Balaban J connectivity index is 1.96. The molecule has 0 bridgehead atoms. The average Bonchev–Trinajstić information content (AvgIpc) is 2.47. The van der Waals surface area contributed by atoms with Gasteiger partial charge in [0.25, 0.3) is 0 Å². The van der Waals surface area contributed by atoms with Crippen LogP contribution in [-0.2, 0) is 4.79 Å². The monoisotopic (exact) mass is 266 g/mol. The van der Waals surface area contributed by atoms with Crippen molar-refractivity contribution in [2.24, 2.45) is 0 Å². The lowest BCUT2D eigenvalue weighted by Gasteiger charge is -2.07. The van der Waals surface area contributed by atoms with Gasteiger partial charge in [0.05, 0.1) is 0 Å². The predicted molar refractivity (Wildman–Crippen MR) is 82.4 cm³/mol. The molecule has 0 saturated heterocycles. The summed E-state index contributed by atoms with van der Waals surface area (Å²) >= 11 is 0. The second-order valence-corrected chi connectivity index (χ2v) is 4.89. The van der Waals surface area contributed by atoms with Gasteiger partial charge >= 0.3 is 0 Å². The summed E-state index contributed by atoms with van der Waals surface area (Å²) in [6, 6.07) is 11.6. The van der Waals surface area contributed by atoms with Crippen molar-refractivity contribution in [2.45, 2.75) is 19.8 Å². The van der Waals surface area contributed by atoms with E-state index in [0.29, 0.717) is 5.92 Å². The van der Waals surface area contributed by atoms with E-state index in [0.717, 1.165) is 11.3 Å². The Kier molecular flexibility index (Phi) is 4.66. The smallest absolute Gasteiger partial charge is 0.248 e. The topological polar surface area (TPSA) is 42.0 Å². The van der Waals surface area contributed by atoms with E-state index in [1.165, 1.54) is 11.6 Å². The molecule has 1 aromatic heterocycles. The lowest BCUT2D eigenvalue weighted by molar-refractivity contribution is -0.111. The van der Waals surface area contributed by atoms with E-state index in [1.54, 1.807) is 18.5 Å². The van der Waals surface area contributed by atoms with E-state index in [9.17, 15) is 4.79 Å². The molecule has 0 fully saturated rings. The third kappa shape index (κ3) is 4.05. The first-order chi connectivity index (χ1) is 9.65. The SMILES string of the molecule is CC(C)c1ccc(NC(=O)/C=C/c2cccnc2)cc1. The van der Waals surface area contributed by atoms with Gasteiger partial charge < -0.3 is 5.32 Å². The largest absolute Gasteiger partial charge is 0.323 e. The summed E-state index contributed by atoms with van der Waals surface area (Å²) < 4.78 is 0. The van der Waals surface area contributed by atoms with Crippen molar-refractivity contribution in [3.63, 3.8) is 0 Å². The normalized spacial score (nSPS) is 10.9. The highest BCUT2D eigenvalue weighted by molar-refractivity contribution is 6.01. The van der Waals surface area contributed by atoms with Gasteiger partial charge in [0.15, 0.2) is 0 Å². The summed E-state index contributed by atoms with van der Waals surface area (Å²) in [5, 5.41) is 2.83. The van der Waals surface area contributed by atoms with E-state index >= 15 is 0 Å². The number of anilines is 1. The molecule has 0 unspecified atom stereocenters. The molecule has 20 heavy (non-hydrogen) atoms. The highest BCUT2D eigenvalue weighted by atomic mass is 16.1. The summed E-state index contributed by atoms with van der Waals surface area (Å²) in [7, 11) is 0. The Hall–Kier alpha value is -2.42. The highest BCUT2D eigenvalue weighted by Gasteiger charge is 2.00. The maximum atomic E-state index is 11.8. The third-order valence-electron chi connectivity index (χ3n) is 2.96. The van der Waals surface area contributed by atoms with Crippen molar-refractivity contribution in [3.8, 4) is 0 Å². The van der Waals surface area contributed by atoms with Gasteiger partial charge in [-0.2, -0.15) is 0 Å². The fourth-order valence-corrected chi connectivity index (χ4v) is 1.78. The number of nitrogens with one attached hydrogen (secondary N) is 1. The maximum absolute atomic E-state index is 11.8. The van der Waals surface area contributed by atoms with Gasteiger partial charge in [0.2, 0.25) is 5.91 Å². The number of rotatable bonds is 4. The Morgan fingerprint density at radius 1 is 1.20 bits per heavy atom. The second-order valence-electron chi connectivity index (χ2n) is 4.89. The van der Waals surface area contributed by atoms with Gasteiger partial charge in [-0.25, -0.2) is 0 Å². The van der Waals surface area contributed by atoms with Crippen LogP contribution < -0.4 is 5.32 Å². The number of hydrogen-bond acceptors (Lipinski definition) is 2. The zero-order valence-corrected chi connectivity index (χ0v) is 11.7. The van der Waals surface area contributed by atoms with Crippen LogP contribution in [0.15, 0.2) is 54.9 Å². The van der Waals surface area contributed by atoms with Gasteiger partial charge in [-0.1, -0.05) is 32.0 Å². The van der Waals surface area contributed by atoms with E-state index in [-0.39, 0.29) is 5.91 Å². The lowest BCUT2D eigenvalue weighted by atomic mass is 10.0. The molecule has 1 heterocycles. The maximum Gasteiger partial charge on any atom is 0.248 e.